The van der Waals surface area contributed by atoms with Crippen LogP contribution >= 0.6 is 0 Å². The van der Waals surface area contributed by atoms with Crippen molar-refractivity contribution in [2.24, 2.45) is 5.10 Å². The van der Waals surface area contributed by atoms with Gasteiger partial charge in [0.05, 0.1) is 22.0 Å². The van der Waals surface area contributed by atoms with Crippen LogP contribution in [0.25, 0.3) is 22.5 Å². The number of carbonyl (C=O) groups excluding carboxylic acids is 1. The van der Waals surface area contributed by atoms with Gasteiger partial charge in [0.25, 0.3) is 5.69 Å². The van der Waals surface area contributed by atoms with Crippen LogP contribution in [0.15, 0.2) is 84.0 Å². The van der Waals surface area contributed by atoms with E-state index in [4.69, 9.17) is 0 Å². The fraction of sp³-hybridized carbons (Fsp3) is 0.0769. The third kappa shape index (κ3) is 5.92. The smallest absolute Gasteiger partial charge is 0.275 e. The number of rotatable bonds is 6. The van der Waals surface area contributed by atoms with Crippen molar-refractivity contribution in [3.8, 4) is 22.5 Å². The fourth-order valence-corrected chi connectivity index (χ4v) is 3.30. The zero-order valence-corrected chi connectivity index (χ0v) is 19.4. The molecule has 0 fully saturated rings. The lowest BCUT2D eigenvalue weighted by atomic mass is 10.1. The molecule has 0 saturated heterocycles. The van der Waals surface area contributed by atoms with Crippen molar-refractivity contribution in [1.82, 2.24) is 15.4 Å². The summed E-state index contributed by atoms with van der Waals surface area (Å²) in [6.45, 7) is 3.63. The molecule has 0 bridgehead atoms. The minimum Gasteiger partial charge on any atom is -0.275 e. The number of non-ortho nitro benzene ring substituents is 1. The van der Waals surface area contributed by atoms with E-state index >= 15 is 0 Å². The topological polar surface area (TPSA) is 122 Å². The van der Waals surface area contributed by atoms with Crippen molar-refractivity contribution in [1.29, 1.82) is 0 Å². The molecule has 2 amide bonds. The lowest BCUT2D eigenvalue weighted by Gasteiger charge is -2.10. The van der Waals surface area contributed by atoms with Gasteiger partial charge < -0.3 is 0 Å². The van der Waals surface area contributed by atoms with Crippen molar-refractivity contribution in [2.75, 3.05) is 5.32 Å². The standard InChI is InChI=1S/C26H21FN6O3/c1-16-3-5-19(6-4-16)23-15-24(20-7-11-21(27)12-8-20)29-25(28-23)30-26(34)32-31-17(2)18-9-13-22(14-10-18)33(35)36/h3-15H,1-2H3,(H2,28,29,30,32,34)/b31-17-. The number of urea groups is 1. The minimum absolute atomic E-state index is 0.0353. The van der Waals surface area contributed by atoms with Gasteiger partial charge in [-0.2, -0.15) is 5.10 Å². The largest absolute Gasteiger partial charge is 0.342 e. The molecule has 0 atom stereocenters. The Bertz CT molecular complexity index is 1370. The lowest BCUT2D eigenvalue weighted by Crippen LogP contribution is -2.26. The molecular formula is C26H21FN6O3. The van der Waals surface area contributed by atoms with Gasteiger partial charge in [-0.1, -0.05) is 29.8 Å². The number of nitro groups is 1. The van der Waals surface area contributed by atoms with Crippen LogP contribution in [0.2, 0.25) is 0 Å². The predicted molar refractivity (Wildman–Crippen MR) is 135 cm³/mol. The Morgan fingerprint density at radius 3 is 2.03 bits per heavy atom. The summed E-state index contributed by atoms with van der Waals surface area (Å²) in [4.78, 5) is 31.7. The van der Waals surface area contributed by atoms with Crippen molar-refractivity contribution in [2.45, 2.75) is 13.8 Å². The Hall–Kier alpha value is -4.99. The van der Waals surface area contributed by atoms with Crippen LogP contribution < -0.4 is 10.7 Å². The first-order valence-electron chi connectivity index (χ1n) is 10.9. The SMILES string of the molecule is C/C(=N/NC(=O)Nc1nc(-c2ccc(C)cc2)cc(-c2ccc(F)cc2)n1)c1ccc([N+](=O)[O-])cc1. The molecule has 1 heterocycles. The van der Waals surface area contributed by atoms with Gasteiger partial charge in [-0.25, -0.2) is 24.6 Å². The van der Waals surface area contributed by atoms with E-state index in [0.29, 0.717) is 28.2 Å². The van der Waals surface area contributed by atoms with E-state index < -0.39 is 11.0 Å². The summed E-state index contributed by atoms with van der Waals surface area (Å²) in [5, 5.41) is 17.4. The maximum atomic E-state index is 13.4. The number of amides is 2. The molecule has 2 N–H and O–H groups in total. The van der Waals surface area contributed by atoms with E-state index in [1.165, 1.54) is 24.3 Å². The fourth-order valence-electron chi connectivity index (χ4n) is 3.30. The quantitative estimate of drug-likeness (QED) is 0.206. The van der Waals surface area contributed by atoms with Gasteiger partial charge in [-0.3, -0.25) is 15.4 Å². The molecule has 4 rings (SSSR count). The molecule has 36 heavy (non-hydrogen) atoms. The Kier molecular flexibility index (Phi) is 7.05. The number of aromatic nitrogens is 2. The number of carbonyl (C=O) groups is 1. The molecule has 10 heteroatoms. The second-order valence-electron chi connectivity index (χ2n) is 7.90. The normalized spacial score (nSPS) is 11.1. The second kappa shape index (κ2) is 10.5. The molecule has 4 aromatic rings. The first-order chi connectivity index (χ1) is 17.3. The zero-order chi connectivity index (χ0) is 25.7. The molecule has 0 spiro atoms. The van der Waals surface area contributed by atoms with Gasteiger partial charge in [0.1, 0.15) is 5.82 Å². The van der Waals surface area contributed by atoms with E-state index in [1.807, 2.05) is 31.2 Å². The maximum absolute atomic E-state index is 13.4. The number of nitro benzene ring substituents is 1. The maximum Gasteiger partial charge on any atom is 0.342 e. The van der Waals surface area contributed by atoms with Crippen LogP contribution in [-0.4, -0.2) is 26.6 Å². The highest BCUT2D eigenvalue weighted by Crippen LogP contribution is 2.26. The van der Waals surface area contributed by atoms with Crippen LogP contribution in [0, 0.1) is 22.9 Å². The Morgan fingerprint density at radius 2 is 1.47 bits per heavy atom. The highest BCUT2D eigenvalue weighted by molar-refractivity contribution is 6.00. The number of hydrogen-bond acceptors (Lipinski definition) is 6. The summed E-state index contributed by atoms with van der Waals surface area (Å²) in [5.41, 5.74) is 7.03. The second-order valence-corrected chi connectivity index (χ2v) is 7.90. The van der Waals surface area contributed by atoms with Crippen molar-refractivity contribution in [3.63, 3.8) is 0 Å². The van der Waals surface area contributed by atoms with Gasteiger partial charge in [0.15, 0.2) is 0 Å². The molecule has 180 valence electrons. The van der Waals surface area contributed by atoms with Crippen LogP contribution in [0.1, 0.15) is 18.1 Å². The molecule has 0 radical (unpaired) electrons. The van der Waals surface area contributed by atoms with Crippen molar-refractivity contribution >= 4 is 23.4 Å². The molecule has 1 aromatic heterocycles. The Labute approximate surface area is 205 Å². The summed E-state index contributed by atoms with van der Waals surface area (Å²) in [5.74, 6) is -0.335. The number of nitrogens with zero attached hydrogens (tertiary/aromatic N) is 4. The van der Waals surface area contributed by atoms with E-state index in [0.717, 1.165) is 11.1 Å². The van der Waals surface area contributed by atoms with E-state index in [2.05, 4.69) is 25.8 Å². The van der Waals surface area contributed by atoms with Crippen LogP contribution in [0.5, 0.6) is 0 Å². The van der Waals surface area contributed by atoms with E-state index in [1.54, 1.807) is 37.3 Å². The monoisotopic (exact) mass is 484 g/mol. The van der Waals surface area contributed by atoms with Crippen LogP contribution in [-0.2, 0) is 0 Å². The molecule has 0 aliphatic heterocycles. The number of hydrogen-bond donors (Lipinski definition) is 2. The number of hydrazone groups is 1. The molecule has 0 aliphatic rings. The van der Waals surface area contributed by atoms with Crippen LogP contribution in [0.4, 0.5) is 20.8 Å². The van der Waals surface area contributed by atoms with Gasteiger partial charge >= 0.3 is 6.03 Å². The zero-order valence-electron chi connectivity index (χ0n) is 19.4. The molecule has 0 saturated carbocycles. The number of anilines is 1. The van der Waals surface area contributed by atoms with Crippen LogP contribution in [0.3, 0.4) is 0 Å². The first-order valence-corrected chi connectivity index (χ1v) is 10.9. The van der Waals surface area contributed by atoms with Gasteiger partial charge in [-0.15, -0.1) is 0 Å². The highest BCUT2D eigenvalue weighted by atomic mass is 19.1. The summed E-state index contributed by atoms with van der Waals surface area (Å²) in [6, 6.07) is 20.5. The van der Waals surface area contributed by atoms with Crippen molar-refractivity contribution < 1.29 is 14.1 Å². The highest BCUT2D eigenvalue weighted by Gasteiger charge is 2.12. The van der Waals surface area contributed by atoms with Crippen molar-refractivity contribution in [3.05, 3.63) is 106 Å². The molecule has 3 aromatic carbocycles. The number of aryl methyl sites for hydroxylation is 1. The van der Waals surface area contributed by atoms with Gasteiger partial charge in [-0.05, 0) is 61.9 Å². The number of benzene rings is 3. The average Bonchev–Trinajstić information content (AvgIpc) is 2.88. The summed E-state index contributed by atoms with van der Waals surface area (Å²) in [6.07, 6.45) is 0. The number of halogens is 1. The Morgan fingerprint density at radius 1 is 0.917 bits per heavy atom. The summed E-state index contributed by atoms with van der Waals surface area (Å²) in [7, 11) is 0. The number of nitrogens with one attached hydrogen (secondary N) is 2. The Balaban J connectivity index is 1.57. The molecule has 9 nitrogen and oxygen atoms in total. The predicted octanol–water partition coefficient (Wildman–Crippen LogP) is 5.71. The third-order valence-corrected chi connectivity index (χ3v) is 5.26. The van der Waals surface area contributed by atoms with Gasteiger partial charge in [0.2, 0.25) is 5.95 Å². The lowest BCUT2D eigenvalue weighted by molar-refractivity contribution is -0.384. The van der Waals surface area contributed by atoms with E-state index in [-0.39, 0.29) is 17.5 Å². The van der Waals surface area contributed by atoms with Gasteiger partial charge in [0, 0.05) is 23.3 Å². The molecule has 0 unspecified atom stereocenters. The third-order valence-electron chi connectivity index (χ3n) is 5.26. The average molecular weight is 484 g/mol. The molecule has 0 aliphatic carbocycles. The molecular weight excluding hydrogens is 463 g/mol. The minimum atomic E-state index is -0.678. The summed E-state index contributed by atoms with van der Waals surface area (Å²) >= 11 is 0. The first kappa shape index (κ1) is 24.1. The summed E-state index contributed by atoms with van der Waals surface area (Å²) < 4.78 is 13.4. The van der Waals surface area contributed by atoms with E-state index in [9.17, 15) is 19.3 Å².